The third kappa shape index (κ3) is 6.93. The molecule has 142 valence electrons. The molecule has 0 aliphatic rings. The van der Waals surface area contributed by atoms with Crippen molar-refractivity contribution >= 4 is 17.8 Å². The number of esters is 1. The maximum Gasteiger partial charge on any atom is 0.329 e. The van der Waals surface area contributed by atoms with Crippen LogP contribution in [0.2, 0.25) is 0 Å². The van der Waals surface area contributed by atoms with Crippen LogP contribution in [0.4, 0.5) is 0 Å². The molecule has 0 radical (unpaired) electrons. The monoisotopic (exact) mass is 368 g/mol. The van der Waals surface area contributed by atoms with Gasteiger partial charge >= 0.3 is 5.97 Å². The van der Waals surface area contributed by atoms with Gasteiger partial charge in [0.05, 0.1) is 0 Å². The Labute approximate surface area is 158 Å². The minimum absolute atomic E-state index is 0.273. The molecule has 2 rings (SSSR count). The zero-order valence-electron chi connectivity index (χ0n) is 15.3. The van der Waals surface area contributed by atoms with Crippen LogP contribution in [-0.4, -0.2) is 37.0 Å². The SMILES string of the molecule is CCCNC(=O)COC(=O)[C@@H](Cc1ccccc1)NC(=O)c1ccccc1. The van der Waals surface area contributed by atoms with Crippen LogP contribution in [0.15, 0.2) is 60.7 Å². The van der Waals surface area contributed by atoms with Crippen molar-refractivity contribution in [3.63, 3.8) is 0 Å². The molecule has 0 unspecified atom stereocenters. The molecule has 0 aliphatic carbocycles. The molecule has 0 aromatic heterocycles. The van der Waals surface area contributed by atoms with Gasteiger partial charge in [0, 0.05) is 18.5 Å². The second kappa shape index (κ2) is 10.8. The third-order valence-electron chi connectivity index (χ3n) is 3.83. The number of benzene rings is 2. The Morgan fingerprint density at radius 2 is 1.59 bits per heavy atom. The van der Waals surface area contributed by atoms with Crippen LogP contribution >= 0.6 is 0 Å². The first-order chi connectivity index (χ1) is 13.1. The molecule has 27 heavy (non-hydrogen) atoms. The van der Waals surface area contributed by atoms with E-state index < -0.39 is 12.0 Å². The predicted molar refractivity (Wildman–Crippen MR) is 102 cm³/mol. The Morgan fingerprint density at radius 1 is 0.963 bits per heavy atom. The van der Waals surface area contributed by atoms with Gasteiger partial charge in [-0.2, -0.15) is 0 Å². The van der Waals surface area contributed by atoms with Crippen LogP contribution in [0.3, 0.4) is 0 Å². The van der Waals surface area contributed by atoms with Gasteiger partial charge in [0.15, 0.2) is 6.61 Å². The molecule has 0 fully saturated rings. The Bertz CT molecular complexity index is 747. The number of amides is 2. The highest BCUT2D eigenvalue weighted by molar-refractivity contribution is 5.97. The van der Waals surface area contributed by atoms with Crippen molar-refractivity contribution in [2.24, 2.45) is 0 Å². The van der Waals surface area contributed by atoms with Crippen molar-refractivity contribution in [1.29, 1.82) is 0 Å². The van der Waals surface area contributed by atoms with Crippen LogP contribution < -0.4 is 10.6 Å². The standard InChI is InChI=1S/C21H24N2O4/c1-2-13-22-19(24)15-27-21(26)18(14-16-9-5-3-6-10-16)23-20(25)17-11-7-4-8-12-17/h3-12,18H,2,13-15H2,1H3,(H,22,24)(H,23,25)/t18-/m1/s1. The second-order valence-corrected chi connectivity index (χ2v) is 6.04. The number of carbonyl (C=O) groups excluding carboxylic acids is 3. The van der Waals surface area contributed by atoms with E-state index in [0.29, 0.717) is 12.1 Å². The van der Waals surface area contributed by atoms with Crippen LogP contribution in [-0.2, 0) is 20.7 Å². The molecule has 0 bridgehead atoms. The van der Waals surface area contributed by atoms with E-state index in [1.54, 1.807) is 30.3 Å². The zero-order chi connectivity index (χ0) is 19.5. The summed E-state index contributed by atoms with van der Waals surface area (Å²) < 4.78 is 5.11. The van der Waals surface area contributed by atoms with Crippen molar-refractivity contribution < 1.29 is 19.1 Å². The first kappa shape index (κ1) is 20.2. The fraction of sp³-hybridized carbons (Fsp3) is 0.286. The summed E-state index contributed by atoms with van der Waals surface area (Å²) in [5.74, 6) is -1.38. The summed E-state index contributed by atoms with van der Waals surface area (Å²) in [7, 11) is 0. The lowest BCUT2D eigenvalue weighted by Crippen LogP contribution is -2.44. The normalized spacial score (nSPS) is 11.3. The summed E-state index contributed by atoms with van der Waals surface area (Å²) in [6.07, 6.45) is 1.07. The van der Waals surface area contributed by atoms with E-state index in [2.05, 4.69) is 10.6 Å². The van der Waals surface area contributed by atoms with E-state index >= 15 is 0 Å². The molecule has 2 aromatic carbocycles. The largest absolute Gasteiger partial charge is 0.454 e. The van der Waals surface area contributed by atoms with Gasteiger partial charge in [-0.25, -0.2) is 4.79 Å². The highest BCUT2D eigenvalue weighted by atomic mass is 16.5. The molecule has 0 saturated heterocycles. The van der Waals surface area contributed by atoms with Crippen molar-refractivity contribution in [1.82, 2.24) is 10.6 Å². The van der Waals surface area contributed by atoms with Crippen molar-refractivity contribution in [2.45, 2.75) is 25.8 Å². The molecule has 2 N–H and O–H groups in total. The number of ether oxygens (including phenoxy) is 1. The highest BCUT2D eigenvalue weighted by Crippen LogP contribution is 2.07. The molecule has 0 saturated carbocycles. The highest BCUT2D eigenvalue weighted by Gasteiger charge is 2.24. The number of nitrogens with one attached hydrogen (secondary N) is 2. The minimum atomic E-state index is -0.890. The van der Waals surface area contributed by atoms with Gasteiger partial charge in [-0.3, -0.25) is 9.59 Å². The molecule has 0 spiro atoms. The number of hydrogen-bond donors (Lipinski definition) is 2. The lowest BCUT2D eigenvalue weighted by Gasteiger charge is -2.18. The molecule has 0 aliphatic heterocycles. The summed E-state index contributed by atoms with van der Waals surface area (Å²) in [4.78, 5) is 36.6. The van der Waals surface area contributed by atoms with Crippen LogP contribution in [0.1, 0.15) is 29.3 Å². The lowest BCUT2D eigenvalue weighted by atomic mass is 10.1. The van der Waals surface area contributed by atoms with Gasteiger partial charge in [0.2, 0.25) is 0 Å². The van der Waals surface area contributed by atoms with E-state index in [-0.39, 0.29) is 24.8 Å². The number of carbonyl (C=O) groups is 3. The van der Waals surface area contributed by atoms with E-state index in [1.807, 2.05) is 37.3 Å². The molecular formula is C21H24N2O4. The van der Waals surface area contributed by atoms with Crippen LogP contribution in [0.5, 0.6) is 0 Å². The molecular weight excluding hydrogens is 344 g/mol. The maximum absolute atomic E-state index is 12.5. The van der Waals surface area contributed by atoms with Gasteiger partial charge in [0.25, 0.3) is 11.8 Å². The predicted octanol–water partition coefficient (Wildman–Crippen LogP) is 2.10. The van der Waals surface area contributed by atoms with Crippen molar-refractivity contribution in [3.05, 3.63) is 71.8 Å². The second-order valence-electron chi connectivity index (χ2n) is 6.04. The minimum Gasteiger partial charge on any atom is -0.454 e. The molecule has 1 atom stereocenters. The summed E-state index contributed by atoms with van der Waals surface area (Å²) in [5.41, 5.74) is 1.33. The first-order valence-corrected chi connectivity index (χ1v) is 8.93. The smallest absolute Gasteiger partial charge is 0.329 e. The molecule has 6 heteroatoms. The average Bonchev–Trinajstić information content (AvgIpc) is 2.71. The Balaban J connectivity index is 2.03. The van der Waals surface area contributed by atoms with Gasteiger partial charge in [0.1, 0.15) is 6.04 Å². The van der Waals surface area contributed by atoms with Gasteiger partial charge in [-0.05, 0) is 24.1 Å². The topological polar surface area (TPSA) is 84.5 Å². The van der Waals surface area contributed by atoms with E-state index in [4.69, 9.17) is 4.74 Å². The molecule has 0 heterocycles. The zero-order valence-corrected chi connectivity index (χ0v) is 15.3. The summed E-state index contributed by atoms with van der Waals surface area (Å²) in [6, 6.07) is 17.1. The number of hydrogen-bond acceptors (Lipinski definition) is 4. The van der Waals surface area contributed by atoms with E-state index in [1.165, 1.54) is 0 Å². The summed E-state index contributed by atoms with van der Waals surface area (Å²) >= 11 is 0. The quantitative estimate of drug-likeness (QED) is 0.664. The summed E-state index contributed by atoms with van der Waals surface area (Å²) in [6.45, 7) is 2.08. The molecule has 2 aromatic rings. The van der Waals surface area contributed by atoms with E-state index in [0.717, 1.165) is 12.0 Å². The number of rotatable bonds is 9. The van der Waals surface area contributed by atoms with Gasteiger partial charge in [-0.15, -0.1) is 0 Å². The Morgan fingerprint density at radius 3 is 2.22 bits per heavy atom. The molecule has 6 nitrogen and oxygen atoms in total. The first-order valence-electron chi connectivity index (χ1n) is 8.93. The summed E-state index contributed by atoms with van der Waals surface area (Å²) in [5, 5.41) is 5.34. The lowest BCUT2D eigenvalue weighted by molar-refractivity contribution is -0.150. The Hall–Kier alpha value is -3.15. The average molecular weight is 368 g/mol. The van der Waals surface area contributed by atoms with Crippen LogP contribution in [0.25, 0.3) is 0 Å². The van der Waals surface area contributed by atoms with Gasteiger partial charge < -0.3 is 15.4 Å². The third-order valence-corrected chi connectivity index (χ3v) is 3.83. The van der Waals surface area contributed by atoms with Crippen molar-refractivity contribution in [2.75, 3.05) is 13.2 Å². The Kier molecular flexibility index (Phi) is 8.03. The van der Waals surface area contributed by atoms with E-state index in [9.17, 15) is 14.4 Å². The van der Waals surface area contributed by atoms with Crippen molar-refractivity contribution in [3.8, 4) is 0 Å². The van der Waals surface area contributed by atoms with Crippen LogP contribution in [0, 0.1) is 0 Å². The maximum atomic E-state index is 12.5. The van der Waals surface area contributed by atoms with Gasteiger partial charge in [-0.1, -0.05) is 55.5 Å². The molecule has 2 amide bonds. The fourth-order valence-electron chi connectivity index (χ4n) is 2.43. The fourth-order valence-corrected chi connectivity index (χ4v) is 2.43.